The average Bonchev–Trinajstić information content (AvgIpc) is 3.34. The van der Waals surface area contributed by atoms with Gasteiger partial charge in [0.15, 0.2) is 5.82 Å². The van der Waals surface area contributed by atoms with E-state index in [1.807, 2.05) is 4.90 Å². The average molecular weight is 426 g/mol. The lowest BCUT2D eigenvalue weighted by Crippen LogP contribution is -2.45. The number of hydrogen-bond donors (Lipinski definition) is 2. The van der Waals surface area contributed by atoms with Crippen molar-refractivity contribution in [1.29, 1.82) is 0 Å². The molecular weight excluding hydrogens is 394 g/mol. The van der Waals surface area contributed by atoms with E-state index in [-0.39, 0.29) is 24.2 Å². The summed E-state index contributed by atoms with van der Waals surface area (Å²) in [5.74, 6) is 2.35. The van der Waals surface area contributed by atoms with Crippen LogP contribution in [0, 0.1) is 11.8 Å². The molecule has 0 unspecified atom stereocenters. The van der Waals surface area contributed by atoms with E-state index in [9.17, 15) is 9.59 Å². The Morgan fingerprint density at radius 3 is 2.45 bits per heavy atom. The highest BCUT2D eigenvalue weighted by molar-refractivity contribution is 5.85. The predicted octanol–water partition coefficient (Wildman–Crippen LogP) is 1.79. The van der Waals surface area contributed by atoms with Crippen molar-refractivity contribution in [1.82, 2.24) is 25.7 Å². The van der Waals surface area contributed by atoms with E-state index >= 15 is 0 Å². The van der Waals surface area contributed by atoms with Gasteiger partial charge in [0.05, 0.1) is 0 Å². The maximum Gasteiger partial charge on any atom is 0.227 e. The number of aromatic nitrogens is 2. The molecule has 0 aromatic carbocycles. The molecule has 3 aliphatic rings. The molecule has 162 valence electrons. The highest BCUT2D eigenvalue weighted by atomic mass is 35.5. The summed E-state index contributed by atoms with van der Waals surface area (Å²) < 4.78 is 5.46. The lowest BCUT2D eigenvalue weighted by Gasteiger charge is -2.30. The van der Waals surface area contributed by atoms with Gasteiger partial charge in [-0.25, -0.2) is 0 Å². The Hall–Kier alpha value is -1.67. The van der Waals surface area contributed by atoms with Crippen LogP contribution in [0.25, 0.3) is 0 Å². The highest BCUT2D eigenvalue weighted by Gasteiger charge is 2.39. The number of fused-ring (bicyclic) bond motifs is 1. The number of aryl methyl sites for hydroxylation is 1. The lowest BCUT2D eigenvalue weighted by molar-refractivity contribution is -0.130. The van der Waals surface area contributed by atoms with E-state index in [1.165, 1.54) is 6.92 Å². The molecule has 2 N–H and O–H groups in total. The number of hydrogen-bond acceptors (Lipinski definition) is 6. The molecule has 1 aromatic rings. The highest BCUT2D eigenvalue weighted by Crippen LogP contribution is 2.34. The van der Waals surface area contributed by atoms with E-state index in [1.54, 1.807) is 0 Å². The van der Waals surface area contributed by atoms with Gasteiger partial charge in [-0.2, -0.15) is 4.98 Å². The number of nitrogens with zero attached hydrogens (tertiary/aromatic N) is 3. The maximum absolute atomic E-state index is 12.6. The lowest BCUT2D eigenvalue weighted by atomic mass is 9.89. The van der Waals surface area contributed by atoms with E-state index in [0.29, 0.717) is 36.4 Å². The van der Waals surface area contributed by atoms with E-state index in [2.05, 4.69) is 20.8 Å². The Balaban J connectivity index is 0.00000240. The normalized spacial score (nSPS) is 25.8. The predicted molar refractivity (Wildman–Crippen MR) is 109 cm³/mol. The number of rotatable bonds is 5. The number of amides is 2. The zero-order chi connectivity index (χ0) is 19.6. The van der Waals surface area contributed by atoms with Crippen LogP contribution in [0.5, 0.6) is 0 Å². The Kier molecular flexibility index (Phi) is 7.16. The van der Waals surface area contributed by atoms with Gasteiger partial charge in [0.1, 0.15) is 5.54 Å². The molecule has 2 saturated heterocycles. The quantitative estimate of drug-likeness (QED) is 0.697. The second kappa shape index (κ2) is 9.43. The van der Waals surface area contributed by atoms with Gasteiger partial charge in [0.25, 0.3) is 0 Å². The standard InChI is InChI=1S/C20H31N5O3.ClH/c1-14(26)23-20(8-4-2-3-5-9-20)19-22-17(28-24-19)6-7-18(27)25-12-15-10-21-11-16(15)13-25;/h15-16,21H,2-13H2,1H3,(H,23,26);1H/t15-,16+;. The maximum atomic E-state index is 12.6. The van der Waals surface area contributed by atoms with Crippen LogP contribution >= 0.6 is 12.4 Å². The molecule has 0 spiro atoms. The second-order valence-electron chi connectivity index (χ2n) is 8.67. The molecule has 1 aromatic heterocycles. The first kappa shape index (κ1) is 22.0. The van der Waals surface area contributed by atoms with Gasteiger partial charge < -0.3 is 20.1 Å². The summed E-state index contributed by atoms with van der Waals surface area (Å²) in [6, 6.07) is 0. The smallest absolute Gasteiger partial charge is 0.227 e. The summed E-state index contributed by atoms with van der Waals surface area (Å²) in [5, 5.41) is 10.7. The largest absolute Gasteiger partial charge is 0.343 e. The molecule has 3 fully saturated rings. The molecule has 0 bridgehead atoms. The number of nitrogens with one attached hydrogen (secondary N) is 2. The molecule has 4 rings (SSSR count). The molecule has 2 aliphatic heterocycles. The molecule has 3 heterocycles. The molecule has 2 amide bonds. The molecule has 2 atom stereocenters. The summed E-state index contributed by atoms with van der Waals surface area (Å²) in [5.41, 5.74) is -0.534. The summed E-state index contributed by atoms with van der Waals surface area (Å²) in [7, 11) is 0. The van der Waals surface area contributed by atoms with Gasteiger partial charge in [-0.3, -0.25) is 9.59 Å². The van der Waals surface area contributed by atoms with Crippen molar-refractivity contribution in [3.63, 3.8) is 0 Å². The zero-order valence-corrected chi connectivity index (χ0v) is 17.9. The fraction of sp³-hybridized carbons (Fsp3) is 0.800. The van der Waals surface area contributed by atoms with Crippen LogP contribution in [0.15, 0.2) is 4.52 Å². The van der Waals surface area contributed by atoms with Crippen molar-refractivity contribution < 1.29 is 14.1 Å². The fourth-order valence-corrected chi connectivity index (χ4v) is 5.06. The number of carbonyl (C=O) groups excluding carboxylic acids is 2. The van der Waals surface area contributed by atoms with Crippen LogP contribution in [-0.2, 0) is 21.5 Å². The van der Waals surface area contributed by atoms with Gasteiger partial charge in [-0.15, -0.1) is 12.4 Å². The molecular formula is C20H32ClN5O3. The first-order chi connectivity index (χ1) is 13.6. The van der Waals surface area contributed by atoms with Gasteiger partial charge in [0.2, 0.25) is 17.7 Å². The molecule has 0 radical (unpaired) electrons. The summed E-state index contributed by atoms with van der Waals surface area (Å²) >= 11 is 0. The Labute approximate surface area is 178 Å². The molecule has 1 saturated carbocycles. The minimum atomic E-state index is -0.534. The van der Waals surface area contributed by atoms with Crippen LogP contribution in [0.4, 0.5) is 0 Å². The summed E-state index contributed by atoms with van der Waals surface area (Å²) in [6.45, 7) is 5.29. The van der Waals surface area contributed by atoms with Gasteiger partial charge >= 0.3 is 0 Å². The minimum absolute atomic E-state index is 0. The van der Waals surface area contributed by atoms with E-state index < -0.39 is 5.54 Å². The van der Waals surface area contributed by atoms with Crippen LogP contribution in [-0.4, -0.2) is 53.0 Å². The Bertz CT molecular complexity index is 705. The third kappa shape index (κ3) is 4.91. The van der Waals surface area contributed by atoms with Crippen LogP contribution in [0.1, 0.15) is 63.6 Å². The van der Waals surface area contributed by atoms with Crippen molar-refractivity contribution in [2.75, 3.05) is 26.2 Å². The monoisotopic (exact) mass is 425 g/mol. The summed E-state index contributed by atoms with van der Waals surface area (Å²) in [4.78, 5) is 30.9. The Morgan fingerprint density at radius 1 is 1.17 bits per heavy atom. The van der Waals surface area contributed by atoms with Crippen molar-refractivity contribution in [2.45, 2.75) is 63.8 Å². The van der Waals surface area contributed by atoms with Gasteiger partial charge in [-0.05, 0) is 24.7 Å². The Morgan fingerprint density at radius 2 is 1.83 bits per heavy atom. The SMILES string of the molecule is CC(=O)NC1(c2noc(CCC(=O)N3C[C@H]4CNC[C@H]4C3)n2)CCCCCC1.Cl. The van der Waals surface area contributed by atoms with E-state index in [0.717, 1.165) is 64.7 Å². The van der Waals surface area contributed by atoms with Gasteiger partial charge in [0, 0.05) is 45.9 Å². The van der Waals surface area contributed by atoms with Crippen molar-refractivity contribution in [3.05, 3.63) is 11.7 Å². The minimum Gasteiger partial charge on any atom is -0.343 e. The third-order valence-corrected chi connectivity index (χ3v) is 6.56. The number of likely N-dealkylation sites (tertiary alicyclic amines) is 1. The second-order valence-corrected chi connectivity index (χ2v) is 8.67. The zero-order valence-electron chi connectivity index (χ0n) is 17.1. The molecule has 9 heteroatoms. The van der Waals surface area contributed by atoms with Crippen molar-refractivity contribution >= 4 is 24.2 Å². The van der Waals surface area contributed by atoms with Crippen molar-refractivity contribution in [3.8, 4) is 0 Å². The molecule has 1 aliphatic carbocycles. The van der Waals surface area contributed by atoms with Gasteiger partial charge in [-0.1, -0.05) is 30.8 Å². The number of carbonyl (C=O) groups is 2. The van der Waals surface area contributed by atoms with Crippen LogP contribution in [0.2, 0.25) is 0 Å². The fourth-order valence-electron chi connectivity index (χ4n) is 5.06. The first-order valence-corrected chi connectivity index (χ1v) is 10.7. The first-order valence-electron chi connectivity index (χ1n) is 10.7. The number of halogens is 1. The van der Waals surface area contributed by atoms with Crippen LogP contribution < -0.4 is 10.6 Å². The summed E-state index contributed by atoms with van der Waals surface area (Å²) in [6.07, 6.45) is 6.89. The molecule has 29 heavy (non-hydrogen) atoms. The van der Waals surface area contributed by atoms with E-state index in [4.69, 9.17) is 4.52 Å². The third-order valence-electron chi connectivity index (χ3n) is 6.56. The van der Waals surface area contributed by atoms with Crippen molar-refractivity contribution in [2.24, 2.45) is 11.8 Å². The van der Waals surface area contributed by atoms with Crippen LogP contribution in [0.3, 0.4) is 0 Å². The topological polar surface area (TPSA) is 100 Å². The molecule has 8 nitrogen and oxygen atoms in total.